The number of aliphatic hydroxyl groups is 1. The van der Waals surface area contributed by atoms with Gasteiger partial charge in [-0.25, -0.2) is 9.48 Å². The summed E-state index contributed by atoms with van der Waals surface area (Å²) in [6.45, 7) is 6.59. The SMILES string of the molecule is CCCCCCCCC1=NC=C[N+]1(CCO)CCCC.c1ccc2ncccc2c1. The van der Waals surface area contributed by atoms with E-state index in [4.69, 9.17) is 0 Å². The number of aliphatic imine (C=N–C) groups is 1. The highest BCUT2D eigenvalue weighted by atomic mass is 16.3. The van der Waals surface area contributed by atoms with E-state index in [1.807, 2.05) is 36.7 Å². The van der Waals surface area contributed by atoms with Crippen LogP contribution in [0, 0.1) is 0 Å². The third-order valence-electron chi connectivity index (χ3n) is 5.77. The molecule has 2 aromatic rings. The van der Waals surface area contributed by atoms with E-state index in [9.17, 15) is 5.11 Å². The number of fused-ring (bicyclic) bond motifs is 1. The predicted octanol–water partition coefficient (Wildman–Crippen LogP) is 6.46. The molecule has 3 rings (SSSR count). The zero-order valence-electron chi connectivity index (χ0n) is 19.0. The summed E-state index contributed by atoms with van der Waals surface area (Å²) in [5, 5.41) is 10.6. The van der Waals surface area contributed by atoms with Crippen LogP contribution < -0.4 is 0 Å². The third-order valence-corrected chi connectivity index (χ3v) is 5.77. The number of aliphatic hydroxyl groups excluding tert-OH is 1. The van der Waals surface area contributed by atoms with Crippen molar-refractivity contribution in [1.29, 1.82) is 0 Å². The molecule has 1 atom stereocenters. The Labute approximate surface area is 183 Å². The number of quaternary nitrogens is 1. The molecule has 0 bridgehead atoms. The molecule has 30 heavy (non-hydrogen) atoms. The number of para-hydroxylation sites is 1. The second-order valence-electron chi connectivity index (χ2n) is 8.12. The number of nitrogens with zero attached hydrogens (tertiary/aromatic N) is 3. The molecular weight excluding hydrogens is 370 g/mol. The van der Waals surface area contributed by atoms with Gasteiger partial charge in [0.25, 0.3) is 0 Å². The Morgan fingerprint density at radius 1 is 0.833 bits per heavy atom. The highest BCUT2D eigenvalue weighted by molar-refractivity contribution is 5.78. The van der Waals surface area contributed by atoms with E-state index in [0.717, 1.165) is 29.5 Å². The average Bonchev–Trinajstić information content (AvgIpc) is 3.18. The number of hydrogen-bond donors (Lipinski definition) is 1. The first-order valence-corrected chi connectivity index (χ1v) is 11.8. The van der Waals surface area contributed by atoms with Gasteiger partial charge < -0.3 is 5.11 Å². The molecule has 0 radical (unpaired) electrons. The van der Waals surface area contributed by atoms with Gasteiger partial charge in [0, 0.05) is 18.0 Å². The summed E-state index contributed by atoms with van der Waals surface area (Å²) in [6, 6.07) is 12.1. The van der Waals surface area contributed by atoms with Crippen molar-refractivity contribution in [3.63, 3.8) is 0 Å². The lowest BCUT2D eigenvalue weighted by atomic mass is 10.1. The molecule has 1 N–H and O–H groups in total. The molecule has 1 aromatic carbocycles. The lowest BCUT2D eigenvalue weighted by Crippen LogP contribution is -2.49. The Bertz CT molecular complexity index is 721. The van der Waals surface area contributed by atoms with Crippen molar-refractivity contribution in [2.45, 2.75) is 71.6 Å². The van der Waals surface area contributed by atoms with Crippen LogP contribution in [0.15, 0.2) is 60.0 Å². The molecule has 1 aliphatic heterocycles. The lowest BCUT2D eigenvalue weighted by Gasteiger charge is -2.32. The lowest BCUT2D eigenvalue weighted by molar-refractivity contribution is -0.788. The van der Waals surface area contributed by atoms with E-state index >= 15 is 0 Å². The average molecular weight is 411 g/mol. The molecule has 0 fully saturated rings. The quantitative estimate of drug-likeness (QED) is 0.322. The Hall–Kier alpha value is -2.04. The van der Waals surface area contributed by atoms with Crippen LogP contribution in [0.3, 0.4) is 0 Å². The number of aromatic nitrogens is 1. The van der Waals surface area contributed by atoms with Crippen molar-refractivity contribution in [2.75, 3.05) is 19.7 Å². The van der Waals surface area contributed by atoms with E-state index in [1.54, 1.807) is 0 Å². The highest BCUT2D eigenvalue weighted by Crippen LogP contribution is 2.22. The van der Waals surface area contributed by atoms with E-state index < -0.39 is 0 Å². The molecule has 1 aromatic heterocycles. The molecule has 0 saturated carbocycles. The van der Waals surface area contributed by atoms with Crippen molar-refractivity contribution in [3.05, 3.63) is 55.0 Å². The van der Waals surface area contributed by atoms with Crippen molar-refractivity contribution in [1.82, 2.24) is 4.98 Å². The number of amidine groups is 1. The van der Waals surface area contributed by atoms with Gasteiger partial charge in [0.15, 0.2) is 0 Å². The number of hydrogen-bond acceptors (Lipinski definition) is 3. The van der Waals surface area contributed by atoms with Gasteiger partial charge in [-0.2, -0.15) is 0 Å². The Morgan fingerprint density at radius 3 is 2.33 bits per heavy atom. The topological polar surface area (TPSA) is 45.5 Å². The first-order valence-electron chi connectivity index (χ1n) is 11.8. The normalized spacial score (nSPS) is 17.6. The van der Waals surface area contributed by atoms with E-state index in [2.05, 4.69) is 42.2 Å². The van der Waals surface area contributed by atoms with Crippen molar-refractivity contribution in [3.8, 4) is 0 Å². The molecule has 1 unspecified atom stereocenters. The maximum Gasteiger partial charge on any atom is 0.207 e. The summed E-state index contributed by atoms with van der Waals surface area (Å²) >= 11 is 0. The molecule has 164 valence electrons. The smallest absolute Gasteiger partial charge is 0.207 e. The summed E-state index contributed by atoms with van der Waals surface area (Å²) in [4.78, 5) is 8.77. The molecule has 0 saturated heterocycles. The van der Waals surface area contributed by atoms with Crippen LogP contribution in [0.4, 0.5) is 0 Å². The minimum atomic E-state index is 0.240. The van der Waals surface area contributed by atoms with Gasteiger partial charge >= 0.3 is 0 Å². The Balaban J connectivity index is 0.000000263. The molecule has 2 heterocycles. The van der Waals surface area contributed by atoms with E-state index in [1.165, 1.54) is 62.6 Å². The maximum atomic E-state index is 9.37. The van der Waals surface area contributed by atoms with Gasteiger partial charge in [-0.3, -0.25) is 4.98 Å². The predicted molar refractivity (Wildman–Crippen MR) is 128 cm³/mol. The minimum absolute atomic E-state index is 0.240. The number of benzene rings is 1. The highest BCUT2D eigenvalue weighted by Gasteiger charge is 2.33. The zero-order valence-corrected chi connectivity index (χ0v) is 19.0. The molecule has 0 amide bonds. The number of rotatable bonds is 12. The number of unbranched alkanes of at least 4 members (excludes halogenated alkanes) is 6. The third kappa shape index (κ3) is 7.66. The summed E-state index contributed by atoms with van der Waals surface area (Å²) in [5.74, 6) is 1.27. The maximum absolute atomic E-state index is 9.37. The molecular formula is C26H40N3O+. The van der Waals surface area contributed by atoms with Crippen LogP contribution in [0.5, 0.6) is 0 Å². The van der Waals surface area contributed by atoms with Gasteiger partial charge in [0.05, 0.1) is 24.9 Å². The van der Waals surface area contributed by atoms with Crippen LogP contribution in [-0.2, 0) is 0 Å². The van der Waals surface area contributed by atoms with Crippen molar-refractivity contribution < 1.29 is 9.59 Å². The fourth-order valence-electron chi connectivity index (χ4n) is 3.95. The van der Waals surface area contributed by atoms with Gasteiger partial charge in [-0.15, -0.1) is 0 Å². The van der Waals surface area contributed by atoms with Crippen molar-refractivity contribution >= 4 is 16.7 Å². The second-order valence-corrected chi connectivity index (χ2v) is 8.12. The summed E-state index contributed by atoms with van der Waals surface area (Å²) in [5.41, 5.74) is 1.06. The van der Waals surface area contributed by atoms with Crippen LogP contribution in [-0.4, -0.2) is 40.1 Å². The zero-order chi connectivity index (χ0) is 21.5. The second kappa shape index (κ2) is 14.1. The molecule has 4 nitrogen and oxygen atoms in total. The van der Waals surface area contributed by atoms with E-state index in [0.29, 0.717) is 0 Å². The van der Waals surface area contributed by atoms with Gasteiger partial charge in [0.1, 0.15) is 12.7 Å². The molecule has 1 aliphatic rings. The number of pyridine rings is 1. The van der Waals surface area contributed by atoms with Gasteiger partial charge in [-0.05, 0) is 25.0 Å². The summed E-state index contributed by atoms with van der Waals surface area (Å²) in [6.07, 6.45) is 17.4. The fraction of sp³-hybridized carbons (Fsp3) is 0.538. The molecule has 0 spiro atoms. The van der Waals surface area contributed by atoms with Crippen LogP contribution in [0.1, 0.15) is 71.6 Å². The largest absolute Gasteiger partial charge is 0.390 e. The fourth-order valence-corrected chi connectivity index (χ4v) is 3.95. The van der Waals surface area contributed by atoms with Crippen LogP contribution in [0.2, 0.25) is 0 Å². The first kappa shape index (κ1) is 24.2. The molecule has 4 heteroatoms. The van der Waals surface area contributed by atoms with Crippen molar-refractivity contribution in [2.24, 2.45) is 4.99 Å². The first-order chi connectivity index (χ1) is 14.8. The van der Waals surface area contributed by atoms with Crippen LogP contribution >= 0.6 is 0 Å². The van der Waals surface area contributed by atoms with Gasteiger partial charge in [-0.1, -0.05) is 76.6 Å². The Morgan fingerprint density at radius 2 is 1.57 bits per heavy atom. The summed E-state index contributed by atoms with van der Waals surface area (Å²) < 4.78 is 0.805. The van der Waals surface area contributed by atoms with Gasteiger partial charge in [0.2, 0.25) is 5.84 Å². The minimum Gasteiger partial charge on any atom is -0.390 e. The van der Waals surface area contributed by atoms with E-state index in [-0.39, 0.29) is 6.61 Å². The standard InChI is InChI=1S/C17H33N2O.C9H7N/c1-3-5-7-8-9-10-11-17-18-12-14-19(17,15-16-20)13-6-4-2;1-2-6-9-8(4-1)5-3-7-10-9/h12,14,20H,3-11,13,15-16H2,1-2H3;1-7H/q+1;. The molecule has 0 aliphatic carbocycles. The summed E-state index contributed by atoms with van der Waals surface area (Å²) in [7, 11) is 0. The monoisotopic (exact) mass is 410 g/mol. The Kier molecular flexibility index (Phi) is 11.3. The van der Waals surface area contributed by atoms with Crippen LogP contribution in [0.25, 0.3) is 10.9 Å².